The SMILES string of the molecule is CC(C)C1(CN2C(=O)NC(Cc3ccccc3)C2=O)CC1. The highest BCUT2D eigenvalue weighted by Crippen LogP contribution is 2.52. The van der Waals surface area contributed by atoms with E-state index in [0.29, 0.717) is 18.9 Å². The van der Waals surface area contributed by atoms with Crippen molar-refractivity contribution in [3.8, 4) is 0 Å². The summed E-state index contributed by atoms with van der Waals surface area (Å²) < 4.78 is 0. The summed E-state index contributed by atoms with van der Waals surface area (Å²) in [6.07, 6.45) is 2.80. The van der Waals surface area contributed by atoms with Crippen molar-refractivity contribution in [2.24, 2.45) is 11.3 Å². The molecule has 112 valence electrons. The van der Waals surface area contributed by atoms with Crippen LogP contribution in [0.25, 0.3) is 0 Å². The van der Waals surface area contributed by atoms with Gasteiger partial charge in [0.15, 0.2) is 0 Å². The van der Waals surface area contributed by atoms with Gasteiger partial charge in [0.2, 0.25) is 0 Å². The molecule has 0 radical (unpaired) electrons. The molecule has 1 atom stereocenters. The van der Waals surface area contributed by atoms with Crippen molar-refractivity contribution in [2.75, 3.05) is 6.54 Å². The number of urea groups is 1. The van der Waals surface area contributed by atoms with Crippen LogP contribution in [0.4, 0.5) is 4.79 Å². The zero-order valence-electron chi connectivity index (χ0n) is 12.6. The quantitative estimate of drug-likeness (QED) is 0.846. The third-order valence-electron chi connectivity index (χ3n) is 4.98. The normalized spacial score (nSPS) is 23.6. The van der Waals surface area contributed by atoms with Crippen LogP contribution in [0.15, 0.2) is 30.3 Å². The van der Waals surface area contributed by atoms with Gasteiger partial charge >= 0.3 is 6.03 Å². The summed E-state index contributed by atoms with van der Waals surface area (Å²) in [5, 5.41) is 2.83. The van der Waals surface area contributed by atoms with Gasteiger partial charge in [0, 0.05) is 13.0 Å². The third kappa shape index (κ3) is 2.67. The Morgan fingerprint density at radius 1 is 1.24 bits per heavy atom. The second kappa shape index (κ2) is 5.17. The number of nitrogens with zero attached hydrogens (tertiary/aromatic N) is 1. The number of hydrogen-bond acceptors (Lipinski definition) is 2. The number of amides is 3. The second-order valence-electron chi connectivity index (χ2n) is 6.63. The topological polar surface area (TPSA) is 49.4 Å². The lowest BCUT2D eigenvalue weighted by molar-refractivity contribution is -0.128. The minimum absolute atomic E-state index is 0.0734. The predicted octanol–water partition coefficient (Wildman–Crippen LogP) is 2.59. The second-order valence-corrected chi connectivity index (χ2v) is 6.63. The van der Waals surface area contributed by atoms with Gasteiger partial charge in [0.1, 0.15) is 6.04 Å². The summed E-state index contributed by atoms with van der Waals surface area (Å²) in [6.45, 7) is 4.92. The van der Waals surface area contributed by atoms with Gasteiger partial charge in [0.25, 0.3) is 5.91 Å². The van der Waals surface area contributed by atoms with Gasteiger partial charge in [0.05, 0.1) is 0 Å². The molecule has 0 spiro atoms. The standard InChI is InChI=1S/C17H22N2O2/c1-12(2)17(8-9-17)11-19-15(20)14(18-16(19)21)10-13-6-4-3-5-7-13/h3-7,12,14H,8-11H2,1-2H3,(H,18,21). The molecule has 1 heterocycles. The first-order valence-electron chi connectivity index (χ1n) is 7.68. The predicted molar refractivity (Wildman–Crippen MR) is 80.7 cm³/mol. The first kappa shape index (κ1) is 14.1. The zero-order chi connectivity index (χ0) is 15.0. The minimum atomic E-state index is -0.414. The number of carbonyl (C=O) groups excluding carboxylic acids is 2. The molecule has 4 nitrogen and oxygen atoms in total. The van der Waals surface area contributed by atoms with Crippen LogP contribution in [0.2, 0.25) is 0 Å². The molecule has 4 heteroatoms. The van der Waals surface area contributed by atoms with Crippen LogP contribution < -0.4 is 5.32 Å². The van der Waals surface area contributed by atoms with Crippen molar-refractivity contribution in [2.45, 2.75) is 39.2 Å². The van der Waals surface area contributed by atoms with Crippen molar-refractivity contribution >= 4 is 11.9 Å². The van der Waals surface area contributed by atoms with Crippen LogP contribution in [0.1, 0.15) is 32.3 Å². The van der Waals surface area contributed by atoms with Crippen LogP contribution in [-0.2, 0) is 11.2 Å². The van der Waals surface area contributed by atoms with Crippen LogP contribution in [0.5, 0.6) is 0 Å². The molecule has 21 heavy (non-hydrogen) atoms. The largest absolute Gasteiger partial charge is 0.325 e. The summed E-state index contributed by atoms with van der Waals surface area (Å²) in [5.74, 6) is 0.432. The highest BCUT2D eigenvalue weighted by atomic mass is 16.2. The van der Waals surface area contributed by atoms with E-state index in [1.807, 2.05) is 30.3 Å². The van der Waals surface area contributed by atoms with E-state index in [1.165, 1.54) is 4.90 Å². The molecule has 0 aromatic heterocycles. The first-order chi connectivity index (χ1) is 10.0. The maximum atomic E-state index is 12.5. The molecule has 1 saturated heterocycles. The summed E-state index contributed by atoms with van der Waals surface area (Å²) >= 11 is 0. The Kier molecular flexibility index (Phi) is 3.47. The number of hydrogen-bond donors (Lipinski definition) is 1. The fourth-order valence-electron chi connectivity index (χ4n) is 3.11. The molecule has 3 amide bonds. The molecule has 1 aliphatic heterocycles. The van der Waals surface area contributed by atoms with E-state index >= 15 is 0 Å². The Labute approximate surface area is 125 Å². The average molecular weight is 286 g/mol. The fraction of sp³-hybridized carbons (Fsp3) is 0.529. The lowest BCUT2D eigenvalue weighted by Gasteiger charge is -2.24. The molecule has 1 aromatic rings. The molecule has 1 aliphatic carbocycles. The van der Waals surface area contributed by atoms with Crippen LogP contribution in [0, 0.1) is 11.3 Å². The van der Waals surface area contributed by atoms with E-state index in [0.717, 1.165) is 18.4 Å². The molecule has 3 rings (SSSR count). The van der Waals surface area contributed by atoms with Crippen LogP contribution in [0.3, 0.4) is 0 Å². The smallest absolute Gasteiger partial charge is 0.324 e. The molecule has 0 bridgehead atoms. The van der Waals surface area contributed by atoms with E-state index in [1.54, 1.807) is 0 Å². The van der Waals surface area contributed by atoms with Gasteiger partial charge in [-0.3, -0.25) is 9.69 Å². The average Bonchev–Trinajstić information content (AvgIpc) is 3.20. The number of carbonyl (C=O) groups is 2. The van der Waals surface area contributed by atoms with Crippen molar-refractivity contribution in [1.82, 2.24) is 10.2 Å². The maximum absolute atomic E-state index is 12.5. The Morgan fingerprint density at radius 2 is 1.90 bits per heavy atom. The molecular formula is C17H22N2O2. The van der Waals surface area contributed by atoms with Crippen LogP contribution >= 0.6 is 0 Å². The Balaban J connectivity index is 1.68. The number of nitrogens with one attached hydrogen (secondary N) is 1. The molecule has 1 saturated carbocycles. The van der Waals surface area contributed by atoms with Gasteiger partial charge in [-0.2, -0.15) is 0 Å². The third-order valence-corrected chi connectivity index (χ3v) is 4.98. The van der Waals surface area contributed by atoms with E-state index in [2.05, 4.69) is 19.2 Å². The molecule has 1 unspecified atom stereocenters. The molecule has 1 N–H and O–H groups in total. The summed E-state index contributed by atoms with van der Waals surface area (Å²) in [5.41, 5.74) is 1.23. The zero-order valence-corrected chi connectivity index (χ0v) is 12.6. The first-order valence-corrected chi connectivity index (χ1v) is 7.68. The van der Waals surface area contributed by atoms with Crippen LogP contribution in [-0.4, -0.2) is 29.4 Å². The van der Waals surface area contributed by atoms with E-state index in [4.69, 9.17) is 0 Å². The fourth-order valence-corrected chi connectivity index (χ4v) is 3.11. The molecular weight excluding hydrogens is 264 g/mol. The summed E-state index contributed by atoms with van der Waals surface area (Å²) in [6, 6.07) is 9.18. The highest BCUT2D eigenvalue weighted by Gasteiger charge is 2.50. The maximum Gasteiger partial charge on any atom is 0.324 e. The van der Waals surface area contributed by atoms with Crippen molar-refractivity contribution in [3.05, 3.63) is 35.9 Å². The van der Waals surface area contributed by atoms with Crippen molar-refractivity contribution in [3.63, 3.8) is 0 Å². The molecule has 2 fully saturated rings. The van der Waals surface area contributed by atoms with Gasteiger partial charge in [-0.05, 0) is 29.7 Å². The summed E-state index contributed by atoms with van der Waals surface area (Å²) in [4.78, 5) is 26.0. The Hall–Kier alpha value is -1.84. The summed E-state index contributed by atoms with van der Waals surface area (Å²) in [7, 11) is 0. The Morgan fingerprint density at radius 3 is 2.48 bits per heavy atom. The number of imide groups is 1. The van der Waals surface area contributed by atoms with E-state index < -0.39 is 6.04 Å². The lowest BCUT2D eigenvalue weighted by Crippen LogP contribution is -2.38. The molecule has 2 aliphatic rings. The van der Waals surface area contributed by atoms with Gasteiger partial charge < -0.3 is 5.32 Å². The van der Waals surface area contributed by atoms with Crippen molar-refractivity contribution in [1.29, 1.82) is 0 Å². The highest BCUT2D eigenvalue weighted by molar-refractivity contribution is 6.04. The number of benzene rings is 1. The Bertz CT molecular complexity index is 549. The van der Waals surface area contributed by atoms with Gasteiger partial charge in [-0.25, -0.2) is 4.79 Å². The van der Waals surface area contributed by atoms with Crippen molar-refractivity contribution < 1.29 is 9.59 Å². The monoisotopic (exact) mass is 286 g/mol. The van der Waals surface area contributed by atoms with Gasteiger partial charge in [-0.15, -0.1) is 0 Å². The number of rotatable bonds is 5. The minimum Gasteiger partial charge on any atom is -0.325 e. The van der Waals surface area contributed by atoms with E-state index in [9.17, 15) is 9.59 Å². The van der Waals surface area contributed by atoms with E-state index in [-0.39, 0.29) is 17.4 Å². The van der Waals surface area contributed by atoms with Gasteiger partial charge in [-0.1, -0.05) is 44.2 Å². The molecule has 1 aromatic carbocycles. The lowest BCUT2D eigenvalue weighted by atomic mass is 9.92.